The van der Waals surface area contributed by atoms with Crippen molar-refractivity contribution in [3.63, 3.8) is 0 Å². The molecule has 1 atom stereocenters. The zero-order chi connectivity index (χ0) is 24.8. The lowest BCUT2D eigenvalue weighted by Crippen LogP contribution is -2.49. The number of piperazine rings is 1. The van der Waals surface area contributed by atoms with Crippen molar-refractivity contribution < 1.29 is 9.59 Å². The summed E-state index contributed by atoms with van der Waals surface area (Å²) in [6.07, 6.45) is 0. The Morgan fingerprint density at radius 1 is 0.914 bits per heavy atom. The SMILES string of the molecule is CCN1CCN(C(C(=O)Nc2ccc(Cl)cc2)c2ccc(C(=O)Nc3ccccc3N)cc2)CC1. The highest BCUT2D eigenvalue weighted by atomic mass is 35.5. The molecule has 4 rings (SSSR count). The predicted octanol–water partition coefficient (Wildman–Crippen LogP) is 4.49. The third-order valence-electron chi connectivity index (χ3n) is 6.28. The molecule has 1 aliphatic heterocycles. The lowest BCUT2D eigenvalue weighted by Gasteiger charge is -2.38. The van der Waals surface area contributed by atoms with Crippen molar-refractivity contribution in [3.05, 3.63) is 88.9 Å². The van der Waals surface area contributed by atoms with Crippen LogP contribution in [0, 0.1) is 0 Å². The molecule has 0 radical (unpaired) electrons. The van der Waals surface area contributed by atoms with Gasteiger partial charge in [-0.1, -0.05) is 42.8 Å². The van der Waals surface area contributed by atoms with Crippen molar-refractivity contribution in [1.29, 1.82) is 0 Å². The monoisotopic (exact) mass is 491 g/mol. The van der Waals surface area contributed by atoms with E-state index >= 15 is 0 Å². The normalized spacial score (nSPS) is 15.4. The Hall–Kier alpha value is -3.39. The highest BCUT2D eigenvalue weighted by Gasteiger charge is 2.30. The average Bonchev–Trinajstić information content (AvgIpc) is 2.88. The predicted molar refractivity (Wildman–Crippen MR) is 142 cm³/mol. The number of halogens is 1. The van der Waals surface area contributed by atoms with Gasteiger partial charge in [0, 0.05) is 42.5 Å². The molecule has 1 heterocycles. The summed E-state index contributed by atoms with van der Waals surface area (Å²) in [5.74, 6) is -0.375. The van der Waals surface area contributed by atoms with Gasteiger partial charge in [-0.3, -0.25) is 14.5 Å². The van der Waals surface area contributed by atoms with Gasteiger partial charge in [0.05, 0.1) is 11.4 Å². The van der Waals surface area contributed by atoms with E-state index < -0.39 is 6.04 Å². The van der Waals surface area contributed by atoms with Crippen molar-refractivity contribution >= 4 is 40.5 Å². The lowest BCUT2D eigenvalue weighted by atomic mass is 10.0. The van der Waals surface area contributed by atoms with Gasteiger partial charge in [-0.05, 0) is 60.6 Å². The molecule has 4 N–H and O–H groups in total. The second kappa shape index (κ2) is 11.4. The van der Waals surface area contributed by atoms with Gasteiger partial charge in [0.25, 0.3) is 5.91 Å². The zero-order valence-corrected chi connectivity index (χ0v) is 20.5. The van der Waals surface area contributed by atoms with Crippen molar-refractivity contribution in [1.82, 2.24) is 9.80 Å². The average molecular weight is 492 g/mol. The first-order chi connectivity index (χ1) is 16.9. The Labute approximate surface area is 210 Å². The van der Waals surface area contributed by atoms with Crippen molar-refractivity contribution in [2.75, 3.05) is 49.1 Å². The number of hydrogen-bond acceptors (Lipinski definition) is 5. The highest BCUT2D eigenvalue weighted by Crippen LogP contribution is 2.26. The number of nitrogens with one attached hydrogen (secondary N) is 2. The number of rotatable bonds is 7. The Morgan fingerprint density at radius 3 is 2.20 bits per heavy atom. The molecule has 0 aliphatic carbocycles. The third kappa shape index (κ3) is 6.19. The molecule has 1 saturated heterocycles. The second-order valence-electron chi connectivity index (χ2n) is 8.53. The van der Waals surface area contributed by atoms with Crippen LogP contribution in [0.5, 0.6) is 0 Å². The summed E-state index contributed by atoms with van der Waals surface area (Å²) in [6.45, 7) is 6.50. The minimum absolute atomic E-state index is 0.119. The Morgan fingerprint density at radius 2 is 1.57 bits per heavy atom. The fourth-order valence-corrected chi connectivity index (χ4v) is 4.36. The molecule has 0 saturated carbocycles. The van der Waals surface area contributed by atoms with Gasteiger partial charge in [-0.2, -0.15) is 0 Å². The van der Waals surface area contributed by atoms with Crippen LogP contribution in [0.3, 0.4) is 0 Å². The van der Waals surface area contributed by atoms with Crippen LogP contribution >= 0.6 is 11.6 Å². The van der Waals surface area contributed by atoms with Crippen LogP contribution in [0.2, 0.25) is 5.02 Å². The summed E-state index contributed by atoms with van der Waals surface area (Å²) in [4.78, 5) is 30.8. The van der Waals surface area contributed by atoms with E-state index in [0.717, 1.165) is 38.3 Å². The maximum atomic E-state index is 13.5. The van der Waals surface area contributed by atoms with Gasteiger partial charge in [0.15, 0.2) is 0 Å². The largest absolute Gasteiger partial charge is 0.397 e. The van der Waals surface area contributed by atoms with Crippen molar-refractivity contribution in [3.8, 4) is 0 Å². The molecule has 1 aliphatic rings. The number of benzene rings is 3. The molecule has 3 aromatic rings. The number of nitrogens with zero attached hydrogens (tertiary/aromatic N) is 2. The third-order valence-corrected chi connectivity index (χ3v) is 6.53. The number of amides is 2. The standard InChI is InChI=1S/C27H30ClN5O2/c1-2-32-15-17-33(18-16-32)25(27(35)30-22-13-11-21(28)12-14-22)19-7-9-20(10-8-19)26(34)31-24-6-4-3-5-23(24)29/h3-14,25H,2,15-18,29H2,1H3,(H,30,35)(H,31,34). The molecule has 1 unspecified atom stereocenters. The highest BCUT2D eigenvalue weighted by molar-refractivity contribution is 6.30. The van der Waals surface area contributed by atoms with E-state index in [9.17, 15) is 9.59 Å². The van der Waals surface area contributed by atoms with E-state index in [-0.39, 0.29) is 11.8 Å². The summed E-state index contributed by atoms with van der Waals surface area (Å²) in [7, 11) is 0. The Balaban J connectivity index is 1.54. The van der Waals surface area contributed by atoms with E-state index in [4.69, 9.17) is 17.3 Å². The molecule has 8 heteroatoms. The summed E-state index contributed by atoms with van der Waals surface area (Å²) in [5, 5.41) is 6.47. The maximum Gasteiger partial charge on any atom is 0.255 e. The first kappa shape index (κ1) is 24.7. The van der Waals surface area contributed by atoms with Crippen molar-refractivity contribution in [2.45, 2.75) is 13.0 Å². The molecule has 0 bridgehead atoms. The van der Waals surface area contributed by atoms with E-state index in [0.29, 0.717) is 27.6 Å². The van der Waals surface area contributed by atoms with Gasteiger partial charge in [0.1, 0.15) is 6.04 Å². The fourth-order valence-electron chi connectivity index (χ4n) is 4.23. The zero-order valence-electron chi connectivity index (χ0n) is 19.7. The molecule has 3 aromatic carbocycles. The van der Waals surface area contributed by atoms with Gasteiger partial charge < -0.3 is 21.3 Å². The number of nitrogens with two attached hydrogens (primary N) is 1. The first-order valence-electron chi connectivity index (χ1n) is 11.7. The van der Waals surface area contributed by atoms with Crippen LogP contribution < -0.4 is 16.4 Å². The summed E-state index contributed by atoms with van der Waals surface area (Å²) >= 11 is 5.99. The molecule has 7 nitrogen and oxygen atoms in total. The number of anilines is 3. The Bertz CT molecular complexity index is 1160. The number of para-hydroxylation sites is 2. The van der Waals surface area contributed by atoms with Gasteiger partial charge >= 0.3 is 0 Å². The smallest absolute Gasteiger partial charge is 0.255 e. The van der Waals surface area contributed by atoms with Crippen LogP contribution in [0.15, 0.2) is 72.8 Å². The first-order valence-corrected chi connectivity index (χ1v) is 12.1. The number of carbonyl (C=O) groups excluding carboxylic acids is 2. The summed E-state index contributed by atoms with van der Waals surface area (Å²) in [6, 6.07) is 20.9. The van der Waals surface area contributed by atoms with E-state index in [2.05, 4.69) is 27.4 Å². The maximum absolute atomic E-state index is 13.5. The molecule has 2 amide bonds. The topological polar surface area (TPSA) is 90.7 Å². The molecule has 35 heavy (non-hydrogen) atoms. The molecule has 1 fully saturated rings. The number of carbonyl (C=O) groups is 2. The van der Waals surface area contributed by atoms with Crippen LogP contribution in [0.25, 0.3) is 0 Å². The molecule has 182 valence electrons. The summed E-state index contributed by atoms with van der Waals surface area (Å²) < 4.78 is 0. The molecular formula is C27H30ClN5O2. The second-order valence-corrected chi connectivity index (χ2v) is 8.97. The Kier molecular flexibility index (Phi) is 8.02. The quantitative estimate of drug-likeness (QED) is 0.423. The van der Waals surface area contributed by atoms with Crippen LogP contribution in [0.4, 0.5) is 17.1 Å². The molecular weight excluding hydrogens is 462 g/mol. The van der Waals surface area contributed by atoms with E-state index in [1.165, 1.54) is 0 Å². The number of hydrogen-bond donors (Lipinski definition) is 3. The van der Waals surface area contributed by atoms with E-state index in [1.54, 1.807) is 48.5 Å². The minimum atomic E-state index is -0.480. The van der Waals surface area contributed by atoms with Gasteiger partial charge in [-0.15, -0.1) is 0 Å². The lowest BCUT2D eigenvalue weighted by molar-refractivity contribution is -0.122. The van der Waals surface area contributed by atoms with Gasteiger partial charge in [-0.25, -0.2) is 0 Å². The van der Waals surface area contributed by atoms with Gasteiger partial charge in [0.2, 0.25) is 5.91 Å². The van der Waals surface area contributed by atoms with Crippen LogP contribution in [0.1, 0.15) is 28.9 Å². The number of likely N-dealkylation sites (N-methyl/N-ethyl adjacent to an activating group) is 1. The van der Waals surface area contributed by atoms with Crippen molar-refractivity contribution in [2.24, 2.45) is 0 Å². The van der Waals surface area contributed by atoms with Crippen LogP contribution in [-0.2, 0) is 4.79 Å². The summed E-state index contributed by atoms with van der Waals surface area (Å²) in [5.41, 5.74) is 9.02. The number of nitrogen functional groups attached to an aromatic ring is 1. The van der Waals surface area contributed by atoms with E-state index in [1.807, 2.05) is 24.3 Å². The van der Waals surface area contributed by atoms with Crippen LogP contribution in [-0.4, -0.2) is 54.3 Å². The molecule has 0 spiro atoms. The minimum Gasteiger partial charge on any atom is -0.397 e. The fraction of sp³-hybridized carbons (Fsp3) is 0.259. The molecule has 0 aromatic heterocycles.